The Bertz CT molecular complexity index is 298. The highest BCUT2D eigenvalue weighted by atomic mass is 79.9. The first-order valence-electron chi connectivity index (χ1n) is 2.90. The summed E-state index contributed by atoms with van der Waals surface area (Å²) in [6, 6.07) is 5.21. The monoisotopic (exact) mass is 232 g/mol. The van der Waals surface area contributed by atoms with Gasteiger partial charge in [-0.15, -0.1) is 0 Å². The molecule has 11 heavy (non-hydrogen) atoms. The van der Waals surface area contributed by atoms with Crippen molar-refractivity contribution in [1.29, 1.82) is 5.41 Å². The van der Waals surface area contributed by atoms with E-state index in [0.717, 1.165) is 4.47 Å². The van der Waals surface area contributed by atoms with Gasteiger partial charge in [-0.3, -0.25) is 5.41 Å². The second kappa shape index (κ2) is 3.24. The maximum atomic E-state index is 7.12. The highest BCUT2D eigenvalue weighted by Crippen LogP contribution is 2.19. The molecule has 1 rings (SSSR count). The van der Waals surface area contributed by atoms with E-state index >= 15 is 0 Å². The normalized spacial score (nSPS) is 9.64. The van der Waals surface area contributed by atoms with Gasteiger partial charge in [-0.05, 0) is 18.2 Å². The summed E-state index contributed by atoms with van der Waals surface area (Å²) in [5.74, 6) is 0. The number of benzene rings is 1. The first kappa shape index (κ1) is 8.56. The Morgan fingerprint density at radius 2 is 2.18 bits per heavy atom. The van der Waals surface area contributed by atoms with Crippen LogP contribution in [0.25, 0.3) is 0 Å². The van der Waals surface area contributed by atoms with Crippen molar-refractivity contribution in [2.45, 2.75) is 0 Å². The third-order valence-electron chi connectivity index (χ3n) is 1.25. The molecule has 0 saturated heterocycles. The van der Waals surface area contributed by atoms with Gasteiger partial charge in [0.25, 0.3) is 0 Å². The van der Waals surface area contributed by atoms with Gasteiger partial charge < -0.3 is 5.73 Å². The molecule has 0 spiro atoms. The van der Waals surface area contributed by atoms with Crippen molar-refractivity contribution in [1.82, 2.24) is 0 Å². The molecule has 0 unspecified atom stereocenters. The third kappa shape index (κ3) is 1.94. The Labute approximate surface area is 78.0 Å². The maximum absolute atomic E-state index is 7.12. The molecule has 0 fully saturated rings. The zero-order valence-corrected chi connectivity index (χ0v) is 7.91. The van der Waals surface area contributed by atoms with E-state index in [9.17, 15) is 0 Å². The van der Waals surface area contributed by atoms with Crippen LogP contribution < -0.4 is 5.73 Å². The number of hydrogen-bond donors (Lipinski definition) is 2. The minimum atomic E-state index is -0.0324. The smallest absolute Gasteiger partial charge is 0.130 e. The molecule has 0 aliphatic rings. The Morgan fingerprint density at radius 3 is 2.64 bits per heavy atom. The van der Waals surface area contributed by atoms with E-state index in [1.54, 1.807) is 18.2 Å². The van der Waals surface area contributed by atoms with Crippen LogP contribution in [-0.4, -0.2) is 5.17 Å². The fourth-order valence-electron chi connectivity index (χ4n) is 0.733. The molecule has 3 N–H and O–H groups in total. The van der Waals surface area contributed by atoms with Crippen molar-refractivity contribution < 1.29 is 0 Å². The molecule has 0 heterocycles. The van der Waals surface area contributed by atoms with Crippen molar-refractivity contribution >= 4 is 38.4 Å². The summed E-state index contributed by atoms with van der Waals surface area (Å²) < 4.78 is 0.886. The molecule has 2 nitrogen and oxygen atoms in total. The van der Waals surface area contributed by atoms with Crippen LogP contribution in [0.2, 0.25) is 0 Å². The summed E-state index contributed by atoms with van der Waals surface area (Å²) in [6.07, 6.45) is 0. The van der Waals surface area contributed by atoms with Gasteiger partial charge in [0, 0.05) is 15.7 Å². The minimum Gasteiger partial charge on any atom is -0.398 e. The number of anilines is 1. The van der Waals surface area contributed by atoms with Crippen LogP contribution in [0.4, 0.5) is 5.69 Å². The van der Waals surface area contributed by atoms with E-state index in [4.69, 9.17) is 22.7 Å². The number of nitrogens with one attached hydrogen (secondary N) is 1. The molecule has 0 aliphatic carbocycles. The molecule has 0 saturated carbocycles. The van der Waals surface area contributed by atoms with Crippen molar-refractivity contribution in [3.05, 3.63) is 28.2 Å². The number of nitrogens with two attached hydrogens (primary N) is 1. The quantitative estimate of drug-likeness (QED) is 0.568. The SMILES string of the molecule is N=C(Cl)c1ccc(Br)cc1N. The van der Waals surface area contributed by atoms with Crippen molar-refractivity contribution in [3.8, 4) is 0 Å². The van der Waals surface area contributed by atoms with E-state index in [1.165, 1.54) is 0 Å². The molecule has 4 heteroatoms. The van der Waals surface area contributed by atoms with E-state index in [0.29, 0.717) is 11.3 Å². The molecule has 0 aromatic heterocycles. The molecular formula is C7H6BrClN2. The van der Waals surface area contributed by atoms with Crippen molar-refractivity contribution in [3.63, 3.8) is 0 Å². The molecule has 58 valence electrons. The first-order valence-corrected chi connectivity index (χ1v) is 4.08. The summed E-state index contributed by atoms with van der Waals surface area (Å²) in [7, 11) is 0. The van der Waals surface area contributed by atoms with Gasteiger partial charge in [0.2, 0.25) is 0 Å². The van der Waals surface area contributed by atoms with Gasteiger partial charge >= 0.3 is 0 Å². The second-order valence-corrected chi connectivity index (χ2v) is 3.34. The lowest BCUT2D eigenvalue weighted by molar-refractivity contribution is 1.51. The highest BCUT2D eigenvalue weighted by molar-refractivity contribution is 9.10. The fourth-order valence-corrected chi connectivity index (χ4v) is 1.28. The predicted molar refractivity (Wildman–Crippen MR) is 51.2 cm³/mol. The Balaban J connectivity index is 3.20. The summed E-state index contributed by atoms with van der Waals surface area (Å²) in [6.45, 7) is 0. The van der Waals surface area contributed by atoms with Crippen LogP contribution in [-0.2, 0) is 0 Å². The molecule has 0 amide bonds. The molecule has 0 atom stereocenters. The average molecular weight is 233 g/mol. The molecular weight excluding hydrogens is 227 g/mol. The van der Waals surface area contributed by atoms with Crippen LogP contribution in [0.3, 0.4) is 0 Å². The summed E-state index contributed by atoms with van der Waals surface area (Å²) in [5, 5.41) is 7.08. The van der Waals surface area contributed by atoms with E-state index in [-0.39, 0.29) is 5.17 Å². The minimum absolute atomic E-state index is 0.0324. The van der Waals surface area contributed by atoms with Crippen LogP contribution in [0, 0.1) is 5.41 Å². The maximum Gasteiger partial charge on any atom is 0.130 e. The van der Waals surface area contributed by atoms with Crippen LogP contribution in [0.15, 0.2) is 22.7 Å². The zero-order chi connectivity index (χ0) is 8.43. The predicted octanol–water partition coefficient (Wildman–Crippen LogP) is 2.60. The van der Waals surface area contributed by atoms with E-state index in [2.05, 4.69) is 15.9 Å². The van der Waals surface area contributed by atoms with E-state index in [1.807, 2.05) is 0 Å². The lowest BCUT2D eigenvalue weighted by atomic mass is 10.2. The van der Waals surface area contributed by atoms with Gasteiger partial charge in [0.15, 0.2) is 0 Å². The third-order valence-corrected chi connectivity index (χ3v) is 1.95. The van der Waals surface area contributed by atoms with Gasteiger partial charge in [0.1, 0.15) is 5.17 Å². The number of hydrogen-bond acceptors (Lipinski definition) is 2. The first-order chi connectivity index (χ1) is 5.11. The largest absolute Gasteiger partial charge is 0.398 e. The van der Waals surface area contributed by atoms with Crippen LogP contribution in [0.1, 0.15) is 5.56 Å². The number of rotatable bonds is 1. The standard InChI is InChI=1S/C7H6BrClN2/c8-4-1-2-5(7(9)11)6(10)3-4/h1-3,11H,10H2. The van der Waals surface area contributed by atoms with Gasteiger partial charge in [-0.2, -0.15) is 0 Å². The van der Waals surface area contributed by atoms with Gasteiger partial charge in [-0.25, -0.2) is 0 Å². The van der Waals surface area contributed by atoms with E-state index < -0.39 is 0 Å². The lowest BCUT2D eigenvalue weighted by Crippen LogP contribution is -1.96. The topological polar surface area (TPSA) is 49.9 Å². The molecule has 1 aromatic carbocycles. The highest BCUT2D eigenvalue weighted by Gasteiger charge is 2.01. The van der Waals surface area contributed by atoms with Crippen molar-refractivity contribution in [2.75, 3.05) is 5.73 Å². The summed E-state index contributed by atoms with van der Waals surface area (Å²) >= 11 is 8.70. The summed E-state index contributed by atoms with van der Waals surface area (Å²) in [5.41, 5.74) is 6.65. The number of nitrogen functional groups attached to an aromatic ring is 1. The average Bonchev–Trinajstić information content (AvgIpc) is 1.85. The zero-order valence-electron chi connectivity index (χ0n) is 5.57. The summed E-state index contributed by atoms with van der Waals surface area (Å²) in [4.78, 5) is 0. The molecule has 0 bridgehead atoms. The Kier molecular flexibility index (Phi) is 2.52. The fraction of sp³-hybridized carbons (Fsp3) is 0. The molecule has 0 radical (unpaired) electrons. The molecule has 1 aromatic rings. The number of halogens is 2. The van der Waals surface area contributed by atoms with Gasteiger partial charge in [0.05, 0.1) is 0 Å². The lowest BCUT2D eigenvalue weighted by Gasteiger charge is -2.01. The van der Waals surface area contributed by atoms with Gasteiger partial charge in [-0.1, -0.05) is 27.5 Å². The Morgan fingerprint density at radius 1 is 1.55 bits per heavy atom. The molecule has 0 aliphatic heterocycles. The van der Waals surface area contributed by atoms with Crippen LogP contribution in [0.5, 0.6) is 0 Å². The van der Waals surface area contributed by atoms with Crippen LogP contribution >= 0.6 is 27.5 Å². The Hall–Kier alpha value is -0.540. The second-order valence-electron chi connectivity index (χ2n) is 2.05. The van der Waals surface area contributed by atoms with Crippen molar-refractivity contribution in [2.24, 2.45) is 0 Å².